The number of nitrogens with one attached hydrogen (secondary N) is 1. The predicted octanol–water partition coefficient (Wildman–Crippen LogP) is 3.01. The third-order valence-electron chi connectivity index (χ3n) is 4.60. The second-order valence-electron chi connectivity index (χ2n) is 6.65. The molecule has 0 atom stereocenters. The summed E-state index contributed by atoms with van der Waals surface area (Å²) in [6.07, 6.45) is 6.37. The molecule has 1 N–H and O–H groups in total. The van der Waals surface area contributed by atoms with Gasteiger partial charge in [-0.05, 0) is 64.2 Å². The molecule has 132 valence electrons. The Morgan fingerprint density at radius 2 is 1.88 bits per heavy atom. The first kappa shape index (κ1) is 17.4. The number of anilines is 1. The maximum absolute atomic E-state index is 4.56. The van der Waals surface area contributed by atoms with Gasteiger partial charge >= 0.3 is 0 Å². The minimum Gasteiger partial charge on any atom is -0.365 e. The van der Waals surface area contributed by atoms with Gasteiger partial charge in [0.25, 0.3) is 0 Å². The molecule has 0 radical (unpaired) electrons. The number of aryl methyl sites for hydroxylation is 2. The molecule has 0 saturated heterocycles. The topological polar surface area (TPSA) is 58.9 Å². The zero-order chi connectivity index (χ0) is 17.8. The quantitative estimate of drug-likeness (QED) is 0.718. The van der Waals surface area contributed by atoms with Crippen LogP contribution in [0.3, 0.4) is 0 Å². The number of hydrogen-bond acceptors (Lipinski definition) is 5. The minimum absolute atomic E-state index is 0.721. The first-order chi connectivity index (χ1) is 12.1. The lowest BCUT2D eigenvalue weighted by Crippen LogP contribution is -2.15. The molecule has 3 rings (SSSR count). The Bertz CT molecular complexity index is 838. The fourth-order valence-corrected chi connectivity index (χ4v) is 3.11. The van der Waals surface area contributed by atoms with E-state index in [-0.39, 0.29) is 0 Å². The molecule has 0 aromatic carbocycles. The Kier molecular flexibility index (Phi) is 5.28. The second kappa shape index (κ2) is 7.61. The maximum atomic E-state index is 4.56. The summed E-state index contributed by atoms with van der Waals surface area (Å²) in [6.45, 7) is 7.07. The van der Waals surface area contributed by atoms with Gasteiger partial charge in [0.15, 0.2) is 0 Å². The van der Waals surface area contributed by atoms with Gasteiger partial charge in [0.1, 0.15) is 17.8 Å². The van der Waals surface area contributed by atoms with Gasteiger partial charge in [-0.1, -0.05) is 0 Å². The lowest BCUT2D eigenvalue weighted by atomic mass is 10.2. The summed E-state index contributed by atoms with van der Waals surface area (Å²) in [5, 5.41) is 4.58. The fraction of sp³-hybridized carbons (Fsp3) is 0.421. The summed E-state index contributed by atoms with van der Waals surface area (Å²) in [5.41, 5.74) is 4.71. The number of hydrogen-bond donors (Lipinski definition) is 1. The smallest absolute Gasteiger partial charge is 0.145 e. The SMILES string of the molecule is Cc1c(C)n(CCCN(C)C)c2ncnc(NCc3ccncc3)c12. The molecule has 3 heterocycles. The van der Waals surface area contributed by atoms with Gasteiger partial charge in [-0.3, -0.25) is 4.98 Å². The molecule has 3 aromatic heterocycles. The Balaban J connectivity index is 1.87. The van der Waals surface area contributed by atoms with Crippen molar-refractivity contribution in [1.82, 2.24) is 24.4 Å². The summed E-state index contributed by atoms with van der Waals surface area (Å²) in [7, 11) is 4.21. The van der Waals surface area contributed by atoms with Gasteiger partial charge in [-0.25, -0.2) is 9.97 Å². The van der Waals surface area contributed by atoms with Crippen molar-refractivity contribution in [2.45, 2.75) is 33.4 Å². The minimum atomic E-state index is 0.721. The first-order valence-corrected chi connectivity index (χ1v) is 8.66. The Labute approximate surface area is 148 Å². The van der Waals surface area contributed by atoms with E-state index in [4.69, 9.17) is 0 Å². The molecule has 0 aliphatic heterocycles. The summed E-state index contributed by atoms with van der Waals surface area (Å²) in [4.78, 5) is 15.3. The van der Waals surface area contributed by atoms with Crippen molar-refractivity contribution in [3.8, 4) is 0 Å². The average molecular weight is 338 g/mol. The predicted molar refractivity (Wildman–Crippen MR) is 102 cm³/mol. The second-order valence-corrected chi connectivity index (χ2v) is 6.65. The van der Waals surface area contributed by atoms with Gasteiger partial charge in [0.05, 0.1) is 5.39 Å². The number of nitrogens with zero attached hydrogens (tertiary/aromatic N) is 5. The third kappa shape index (κ3) is 3.79. The highest BCUT2D eigenvalue weighted by Crippen LogP contribution is 2.29. The van der Waals surface area contributed by atoms with Crippen molar-refractivity contribution < 1.29 is 0 Å². The van der Waals surface area contributed by atoms with Crippen molar-refractivity contribution in [3.63, 3.8) is 0 Å². The lowest BCUT2D eigenvalue weighted by molar-refractivity contribution is 0.387. The lowest BCUT2D eigenvalue weighted by Gasteiger charge is -2.12. The zero-order valence-electron chi connectivity index (χ0n) is 15.5. The molecule has 25 heavy (non-hydrogen) atoms. The first-order valence-electron chi connectivity index (χ1n) is 8.66. The number of fused-ring (bicyclic) bond motifs is 1. The van der Waals surface area contributed by atoms with Crippen LogP contribution in [0.2, 0.25) is 0 Å². The summed E-state index contributed by atoms with van der Waals surface area (Å²) in [5.74, 6) is 0.897. The van der Waals surface area contributed by atoms with Crippen LogP contribution < -0.4 is 5.32 Å². The van der Waals surface area contributed by atoms with E-state index in [0.717, 1.165) is 42.9 Å². The fourth-order valence-electron chi connectivity index (χ4n) is 3.11. The standard InChI is InChI=1S/C19H26N6/c1-14-15(2)25(11-5-10-24(3)4)19-17(14)18(22-13-23-19)21-12-16-6-8-20-9-7-16/h6-9,13H,5,10-12H2,1-4H3,(H,21,22,23). The van der Waals surface area contributed by atoms with Gasteiger partial charge in [-0.2, -0.15) is 0 Å². The monoisotopic (exact) mass is 338 g/mol. The van der Waals surface area contributed by atoms with Crippen molar-refractivity contribution in [1.29, 1.82) is 0 Å². The molecule has 0 spiro atoms. The van der Waals surface area contributed by atoms with Gasteiger partial charge in [0.2, 0.25) is 0 Å². The van der Waals surface area contributed by atoms with Gasteiger partial charge < -0.3 is 14.8 Å². The summed E-state index contributed by atoms with van der Waals surface area (Å²) < 4.78 is 2.31. The number of aromatic nitrogens is 4. The summed E-state index contributed by atoms with van der Waals surface area (Å²) in [6, 6.07) is 4.02. The summed E-state index contributed by atoms with van der Waals surface area (Å²) >= 11 is 0. The van der Waals surface area contributed by atoms with Crippen molar-refractivity contribution in [2.75, 3.05) is 26.0 Å². The highest BCUT2D eigenvalue weighted by atomic mass is 15.1. The molecule has 0 fully saturated rings. The van der Waals surface area contributed by atoms with Crippen molar-refractivity contribution in [2.24, 2.45) is 0 Å². The van der Waals surface area contributed by atoms with Crippen LogP contribution in [0.15, 0.2) is 30.9 Å². The molecule has 6 nitrogen and oxygen atoms in total. The normalized spacial score (nSPS) is 11.4. The highest BCUT2D eigenvalue weighted by Gasteiger charge is 2.16. The van der Waals surface area contributed by atoms with E-state index in [1.54, 1.807) is 6.33 Å². The van der Waals surface area contributed by atoms with Crippen molar-refractivity contribution >= 4 is 16.9 Å². The van der Waals surface area contributed by atoms with E-state index in [9.17, 15) is 0 Å². The molecule has 0 saturated carbocycles. The molecule has 0 unspecified atom stereocenters. The van der Waals surface area contributed by atoms with E-state index < -0.39 is 0 Å². The largest absolute Gasteiger partial charge is 0.365 e. The molecule has 0 aliphatic rings. The molecule has 0 bridgehead atoms. The molecule has 6 heteroatoms. The van der Waals surface area contributed by atoms with Crippen LogP contribution in [0, 0.1) is 13.8 Å². The van der Waals surface area contributed by atoms with Crippen molar-refractivity contribution in [3.05, 3.63) is 47.7 Å². The van der Waals surface area contributed by atoms with Crippen LogP contribution >= 0.6 is 0 Å². The average Bonchev–Trinajstić information content (AvgIpc) is 2.86. The van der Waals surface area contributed by atoms with Gasteiger partial charge in [-0.15, -0.1) is 0 Å². The molecular weight excluding hydrogens is 312 g/mol. The van der Waals surface area contributed by atoms with E-state index in [0.29, 0.717) is 0 Å². The van der Waals surface area contributed by atoms with Crippen LogP contribution in [0.4, 0.5) is 5.82 Å². The van der Waals surface area contributed by atoms with E-state index in [1.807, 2.05) is 24.5 Å². The Morgan fingerprint density at radius 1 is 1.12 bits per heavy atom. The van der Waals surface area contributed by atoms with Crippen LogP contribution in [-0.2, 0) is 13.1 Å². The third-order valence-corrected chi connectivity index (χ3v) is 4.60. The molecule has 0 aliphatic carbocycles. The molecular formula is C19H26N6. The Hall–Kier alpha value is -2.47. The van der Waals surface area contributed by atoms with Gasteiger partial charge in [0, 0.05) is 31.2 Å². The van der Waals surface area contributed by atoms with E-state index in [2.05, 4.69) is 57.7 Å². The number of pyridine rings is 1. The molecule has 0 amide bonds. The Morgan fingerprint density at radius 3 is 2.60 bits per heavy atom. The van der Waals surface area contributed by atoms with Crippen LogP contribution in [-0.4, -0.2) is 45.1 Å². The van der Waals surface area contributed by atoms with E-state index >= 15 is 0 Å². The highest BCUT2D eigenvalue weighted by molar-refractivity contribution is 5.91. The zero-order valence-corrected chi connectivity index (χ0v) is 15.5. The van der Waals surface area contributed by atoms with Crippen LogP contribution in [0.25, 0.3) is 11.0 Å². The molecule has 3 aromatic rings. The van der Waals surface area contributed by atoms with Crippen LogP contribution in [0.1, 0.15) is 23.2 Å². The number of rotatable bonds is 7. The van der Waals surface area contributed by atoms with Crippen LogP contribution in [0.5, 0.6) is 0 Å². The van der Waals surface area contributed by atoms with E-state index in [1.165, 1.54) is 16.8 Å². The maximum Gasteiger partial charge on any atom is 0.145 e.